The second kappa shape index (κ2) is 7.59. The van der Waals surface area contributed by atoms with Crippen molar-refractivity contribution in [3.05, 3.63) is 65.9 Å². The van der Waals surface area contributed by atoms with Crippen LogP contribution in [0.3, 0.4) is 0 Å². The van der Waals surface area contributed by atoms with Crippen LogP contribution in [-0.2, 0) is 11.0 Å². The van der Waals surface area contributed by atoms with E-state index in [4.69, 9.17) is 0 Å². The molecule has 1 fully saturated rings. The number of anilines is 1. The molecule has 0 unspecified atom stereocenters. The SMILES string of the molecule is O=C(/C=C/c1cccc(C(F)(F)F)c1)N1CCN(c2ccccn2)CC1. The largest absolute Gasteiger partial charge is 0.416 e. The first-order valence-corrected chi connectivity index (χ1v) is 8.24. The van der Waals surface area contributed by atoms with E-state index >= 15 is 0 Å². The Kier molecular flexibility index (Phi) is 5.25. The first kappa shape index (κ1) is 18.0. The van der Waals surface area contributed by atoms with Gasteiger partial charge >= 0.3 is 6.18 Å². The van der Waals surface area contributed by atoms with Crippen LogP contribution in [0.15, 0.2) is 54.7 Å². The Labute approximate surface area is 149 Å². The van der Waals surface area contributed by atoms with Crippen molar-refractivity contribution in [2.75, 3.05) is 31.1 Å². The van der Waals surface area contributed by atoms with Gasteiger partial charge in [-0.3, -0.25) is 4.79 Å². The van der Waals surface area contributed by atoms with Crippen LogP contribution in [0.2, 0.25) is 0 Å². The number of alkyl halides is 3. The summed E-state index contributed by atoms with van der Waals surface area (Å²) in [6.07, 6.45) is 0.0783. The number of hydrogen-bond acceptors (Lipinski definition) is 3. The third-order valence-corrected chi connectivity index (χ3v) is 4.20. The monoisotopic (exact) mass is 361 g/mol. The zero-order valence-electron chi connectivity index (χ0n) is 14.0. The van der Waals surface area contributed by atoms with Crippen LogP contribution >= 0.6 is 0 Å². The molecule has 0 aliphatic carbocycles. The lowest BCUT2D eigenvalue weighted by molar-refractivity contribution is -0.137. The van der Waals surface area contributed by atoms with Crippen molar-refractivity contribution in [1.82, 2.24) is 9.88 Å². The van der Waals surface area contributed by atoms with Gasteiger partial charge in [0.25, 0.3) is 0 Å². The standard InChI is InChI=1S/C19H18F3N3O/c20-19(21,22)16-5-3-4-15(14-16)7-8-18(26)25-12-10-24(11-13-25)17-6-1-2-9-23-17/h1-9,14H,10-13H2/b8-7+. The highest BCUT2D eigenvalue weighted by Gasteiger charge is 2.30. The van der Waals surface area contributed by atoms with E-state index in [-0.39, 0.29) is 5.91 Å². The molecule has 1 aromatic heterocycles. The molecule has 1 aliphatic heterocycles. The zero-order chi connectivity index (χ0) is 18.6. The molecule has 26 heavy (non-hydrogen) atoms. The summed E-state index contributed by atoms with van der Waals surface area (Å²) in [5, 5.41) is 0. The van der Waals surface area contributed by atoms with E-state index in [0.717, 1.165) is 18.0 Å². The number of carbonyl (C=O) groups is 1. The fourth-order valence-electron chi connectivity index (χ4n) is 2.79. The Morgan fingerprint density at radius 2 is 1.81 bits per heavy atom. The van der Waals surface area contributed by atoms with Gasteiger partial charge in [0.15, 0.2) is 0 Å². The summed E-state index contributed by atoms with van der Waals surface area (Å²) >= 11 is 0. The molecule has 1 saturated heterocycles. The van der Waals surface area contributed by atoms with Gasteiger partial charge in [0, 0.05) is 38.5 Å². The number of nitrogens with zero attached hydrogens (tertiary/aromatic N) is 3. The summed E-state index contributed by atoms with van der Waals surface area (Å²) in [5.41, 5.74) is -0.378. The normalized spacial score (nSPS) is 15.5. The van der Waals surface area contributed by atoms with Gasteiger partial charge in [0.2, 0.25) is 5.91 Å². The van der Waals surface area contributed by atoms with Gasteiger partial charge in [-0.15, -0.1) is 0 Å². The van der Waals surface area contributed by atoms with Gasteiger partial charge < -0.3 is 9.80 Å². The van der Waals surface area contributed by atoms with Crippen molar-refractivity contribution in [3.63, 3.8) is 0 Å². The fourth-order valence-corrected chi connectivity index (χ4v) is 2.79. The van der Waals surface area contributed by atoms with Gasteiger partial charge in [0.1, 0.15) is 5.82 Å². The Morgan fingerprint density at radius 3 is 2.46 bits per heavy atom. The number of aromatic nitrogens is 1. The third kappa shape index (κ3) is 4.41. The van der Waals surface area contributed by atoms with Crippen molar-refractivity contribution < 1.29 is 18.0 Å². The van der Waals surface area contributed by atoms with E-state index in [9.17, 15) is 18.0 Å². The number of hydrogen-bond donors (Lipinski definition) is 0. The van der Waals surface area contributed by atoms with Crippen molar-refractivity contribution >= 4 is 17.8 Å². The summed E-state index contributed by atoms with van der Waals surface area (Å²) in [7, 11) is 0. The first-order valence-electron chi connectivity index (χ1n) is 8.24. The topological polar surface area (TPSA) is 36.4 Å². The number of pyridine rings is 1. The molecular formula is C19H18F3N3O. The third-order valence-electron chi connectivity index (χ3n) is 4.20. The van der Waals surface area contributed by atoms with Gasteiger partial charge in [-0.1, -0.05) is 18.2 Å². The maximum atomic E-state index is 12.7. The van der Waals surface area contributed by atoms with E-state index < -0.39 is 11.7 Å². The molecule has 136 valence electrons. The van der Waals surface area contributed by atoms with Gasteiger partial charge in [-0.05, 0) is 35.9 Å². The fraction of sp³-hybridized carbons (Fsp3) is 0.263. The highest BCUT2D eigenvalue weighted by Crippen LogP contribution is 2.29. The number of carbonyl (C=O) groups excluding carboxylic acids is 1. The maximum absolute atomic E-state index is 12.7. The van der Waals surface area contributed by atoms with E-state index in [1.54, 1.807) is 11.1 Å². The molecular weight excluding hydrogens is 343 g/mol. The molecule has 1 aliphatic rings. The summed E-state index contributed by atoms with van der Waals surface area (Å²) < 4.78 is 38.2. The molecule has 0 atom stereocenters. The molecule has 1 amide bonds. The van der Waals surface area contributed by atoms with Crippen LogP contribution < -0.4 is 4.90 Å². The lowest BCUT2D eigenvalue weighted by Gasteiger charge is -2.34. The number of halogens is 3. The lowest BCUT2D eigenvalue weighted by atomic mass is 10.1. The number of piperazine rings is 1. The van der Waals surface area contributed by atoms with Crippen molar-refractivity contribution in [1.29, 1.82) is 0 Å². The molecule has 0 radical (unpaired) electrons. The molecule has 3 rings (SSSR count). The molecule has 1 aromatic carbocycles. The average Bonchev–Trinajstić information content (AvgIpc) is 2.66. The Morgan fingerprint density at radius 1 is 1.04 bits per heavy atom. The second-order valence-electron chi connectivity index (χ2n) is 5.96. The summed E-state index contributed by atoms with van der Waals surface area (Å²) in [6.45, 7) is 2.42. The van der Waals surface area contributed by atoms with Crippen LogP contribution in [0.5, 0.6) is 0 Å². The molecule has 2 heterocycles. The lowest BCUT2D eigenvalue weighted by Crippen LogP contribution is -2.48. The number of amides is 1. The predicted octanol–water partition coefficient (Wildman–Crippen LogP) is 3.46. The van der Waals surface area contributed by atoms with E-state index in [0.29, 0.717) is 31.7 Å². The Bertz CT molecular complexity index is 782. The maximum Gasteiger partial charge on any atom is 0.416 e. The summed E-state index contributed by atoms with van der Waals surface area (Å²) in [6, 6.07) is 10.6. The molecule has 4 nitrogen and oxygen atoms in total. The average molecular weight is 361 g/mol. The molecule has 2 aromatic rings. The van der Waals surface area contributed by atoms with Crippen LogP contribution in [-0.4, -0.2) is 42.0 Å². The molecule has 0 N–H and O–H groups in total. The molecule has 0 saturated carbocycles. The predicted molar refractivity (Wildman–Crippen MR) is 93.5 cm³/mol. The summed E-state index contributed by atoms with van der Waals surface area (Å²) in [5.74, 6) is 0.669. The minimum atomic E-state index is -4.39. The van der Waals surface area contributed by atoms with Crippen LogP contribution in [0, 0.1) is 0 Å². The van der Waals surface area contributed by atoms with Crippen LogP contribution in [0.25, 0.3) is 6.08 Å². The highest BCUT2D eigenvalue weighted by atomic mass is 19.4. The minimum Gasteiger partial charge on any atom is -0.353 e. The van der Waals surface area contributed by atoms with Crippen LogP contribution in [0.1, 0.15) is 11.1 Å². The zero-order valence-corrected chi connectivity index (χ0v) is 14.0. The Balaban J connectivity index is 1.58. The van der Waals surface area contributed by atoms with E-state index in [1.165, 1.54) is 24.3 Å². The van der Waals surface area contributed by atoms with Crippen molar-refractivity contribution in [2.45, 2.75) is 6.18 Å². The van der Waals surface area contributed by atoms with E-state index in [2.05, 4.69) is 9.88 Å². The van der Waals surface area contributed by atoms with Gasteiger partial charge in [0.05, 0.1) is 5.56 Å². The number of benzene rings is 1. The molecule has 7 heteroatoms. The molecule has 0 spiro atoms. The van der Waals surface area contributed by atoms with Gasteiger partial charge in [-0.25, -0.2) is 4.98 Å². The first-order chi connectivity index (χ1) is 12.4. The minimum absolute atomic E-state index is 0.205. The highest BCUT2D eigenvalue weighted by molar-refractivity contribution is 5.92. The van der Waals surface area contributed by atoms with Crippen molar-refractivity contribution in [3.8, 4) is 0 Å². The van der Waals surface area contributed by atoms with E-state index in [1.807, 2.05) is 18.2 Å². The second-order valence-corrected chi connectivity index (χ2v) is 5.96. The smallest absolute Gasteiger partial charge is 0.353 e. The quantitative estimate of drug-likeness (QED) is 0.786. The van der Waals surface area contributed by atoms with Crippen molar-refractivity contribution in [2.24, 2.45) is 0 Å². The summed E-state index contributed by atoms with van der Waals surface area (Å²) in [4.78, 5) is 20.4. The number of rotatable bonds is 3. The van der Waals surface area contributed by atoms with Crippen LogP contribution in [0.4, 0.5) is 19.0 Å². The molecule has 0 bridgehead atoms. The van der Waals surface area contributed by atoms with Gasteiger partial charge in [-0.2, -0.15) is 13.2 Å². The Hall–Kier alpha value is -2.83.